The van der Waals surface area contributed by atoms with E-state index in [-0.39, 0.29) is 5.75 Å². The maximum absolute atomic E-state index is 9.85. The van der Waals surface area contributed by atoms with Gasteiger partial charge in [-0.2, -0.15) is 0 Å². The lowest BCUT2D eigenvalue weighted by Crippen LogP contribution is -2.18. The Hall–Kier alpha value is -0.780. The van der Waals surface area contributed by atoms with Crippen LogP contribution in [-0.4, -0.2) is 32.5 Å². The van der Waals surface area contributed by atoms with Crippen molar-refractivity contribution in [2.45, 2.75) is 6.54 Å². The summed E-state index contributed by atoms with van der Waals surface area (Å²) in [6.07, 6.45) is 0. The van der Waals surface area contributed by atoms with Crippen LogP contribution in [0, 0.1) is 0 Å². The molecule has 2 N–H and O–H groups in total. The molecule has 0 saturated carbocycles. The highest BCUT2D eigenvalue weighted by atomic mass is 79.9. The molecule has 16 heavy (non-hydrogen) atoms. The molecule has 1 rings (SSSR count). The summed E-state index contributed by atoms with van der Waals surface area (Å²) < 4.78 is 10.9. The fraction of sp³-hybridized carbons (Fsp3) is 0.455. The van der Waals surface area contributed by atoms with Gasteiger partial charge in [0.05, 0.1) is 13.7 Å². The van der Waals surface area contributed by atoms with E-state index in [0.29, 0.717) is 18.9 Å². The monoisotopic (exact) mass is 289 g/mol. The molecule has 0 aliphatic carbocycles. The highest BCUT2D eigenvalue weighted by Gasteiger charge is 2.09. The van der Waals surface area contributed by atoms with E-state index in [1.165, 1.54) is 7.11 Å². The normalized spacial score (nSPS) is 10.4. The van der Waals surface area contributed by atoms with E-state index < -0.39 is 0 Å². The van der Waals surface area contributed by atoms with E-state index in [4.69, 9.17) is 9.47 Å². The topological polar surface area (TPSA) is 50.7 Å². The quantitative estimate of drug-likeness (QED) is 0.786. The van der Waals surface area contributed by atoms with Gasteiger partial charge in [-0.05, 0) is 12.1 Å². The highest BCUT2D eigenvalue weighted by molar-refractivity contribution is 9.10. The molecule has 0 amide bonds. The number of rotatable bonds is 6. The smallest absolute Gasteiger partial charge is 0.162 e. The summed E-state index contributed by atoms with van der Waals surface area (Å²) in [6.45, 7) is 1.96. The number of benzene rings is 1. The molecule has 0 aromatic heterocycles. The first-order valence-corrected chi connectivity index (χ1v) is 5.73. The second-order valence-electron chi connectivity index (χ2n) is 3.29. The summed E-state index contributed by atoms with van der Waals surface area (Å²) in [5.74, 6) is 0.647. The first kappa shape index (κ1) is 13.3. The SMILES string of the molecule is COCCNCc1cc(Br)cc(OC)c1O. The van der Waals surface area contributed by atoms with E-state index in [9.17, 15) is 5.11 Å². The van der Waals surface area contributed by atoms with Crippen LogP contribution in [0.2, 0.25) is 0 Å². The van der Waals surface area contributed by atoms with E-state index in [0.717, 1.165) is 16.6 Å². The predicted octanol–water partition coefficient (Wildman–Crippen LogP) is 1.90. The van der Waals surface area contributed by atoms with Crippen molar-refractivity contribution in [1.29, 1.82) is 0 Å². The Morgan fingerprint density at radius 3 is 2.75 bits per heavy atom. The number of hydrogen-bond acceptors (Lipinski definition) is 4. The summed E-state index contributed by atoms with van der Waals surface area (Å²) in [6, 6.07) is 3.59. The zero-order valence-corrected chi connectivity index (χ0v) is 11.0. The van der Waals surface area contributed by atoms with Crippen molar-refractivity contribution in [3.05, 3.63) is 22.2 Å². The van der Waals surface area contributed by atoms with Gasteiger partial charge in [-0.25, -0.2) is 0 Å². The molecule has 1 aromatic carbocycles. The van der Waals surface area contributed by atoms with Gasteiger partial charge in [0.25, 0.3) is 0 Å². The minimum absolute atomic E-state index is 0.176. The summed E-state index contributed by atoms with van der Waals surface area (Å²) in [5, 5.41) is 13.0. The zero-order valence-electron chi connectivity index (χ0n) is 9.42. The number of phenols is 1. The van der Waals surface area contributed by atoms with Crippen LogP contribution in [0.15, 0.2) is 16.6 Å². The second kappa shape index (κ2) is 6.73. The summed E-state index contributed by atoms with van der Waals surface area (Å²) >= 11 is 3.37. The lowest BCUT2D eigenvalue weighted by Gasteiger charge is -2.10. The molecule has 0 radical (unpaired) electrons. The molecular weight excluding hydrogens is 274 g/mol. The van der Waals surface area contributed by atoms with Gasteiger partial charge >= 0.3 is 0 Å². The van der Waals surface area contributed by atoms with Gasteiger partial charge in [-0.1, -0.05) is 15.9 Å². The highest BCUT2D eigenvalue weighted by Crippen LogP contribution is 2.33. The third-order valence-electron chi connectivity index (χ3n) is 2.14. The molecule has 0 saturated heterocycles. The van der Waals surface area contributed by atoms with Crippen LogP contribution < -0.4 is 10.1 Å². The molecule has 0 spiro atoms. The van der Waals surface area contributed by atoms with Crippen LogP contribution in [0.1, 0.15) is 5.56 Å². The van der Waals surface area contributed by atoms with Crippen molar-refractivity contribution in [1.82, 2.24) is 5.32 Å². The zero-order chi connectivity index (χ0) is 12.0. The van der Waals surface area contributed by atoms with Gasteiger partial charge in [0.1, 0.15) is 0 Å². The molecule has 0 aliphatic heterocycles. The van der Waals surface area contributed by atoms with E-state index in [1.54, 1.807) is 13.2 Å². The molecule has 0 unspecified atom stereocenters. The molecule has 0 atom stereocenters. The summed E-state index contributed by atoms with van der Waals surface area (Å²) in [7, 11) is 3.19. The lowest BCUT2D eigenvalue weighted by molar-refractivity contribution is 0.199. The molecule has 0 aliphatic rings. The van der Waals surface area contributed by atoms with E-state index >= 15 is 0 Å². The van der Waals surface area contributed by atoms with Crippen LogP contribution in [0.25, 0.3) is 0 Å². The Kier molecular flexibility index (Phi) is 5.59. The van der Waals surface area contributed by atoms with Gasteiger partial charge in [-0.3, -0.25) is 0 Å². The second-order valence-corrected chi connectivity index (χ2v) is 4.20. The molecule has 90 valence electrons. The van der Waals surface area contributed by atoms with Crippen molar-refractivity contribution in [3.8, 4) is 11.5 Å². The Labute approximate surface area is 104 Å². The summed E-state index contributed by atoms with van der Waals surface area (Å²) in [5.41, 5.74) is 0.794. The van der Waals surface area contributed by atoms with Crippen LogP contribution in [0.3, 0.4) is 0 Å². The molecule has 0 heterocycles. The van der Waals surface area contributed by atoms with Crippen LogP contribution in [0.5, 0.6) is 11.5 Å². The third kappa shape index (κ3) is 3.66. The Morgan fingerprint density at radius 1 is 1.38 bits per heavy atom. The van der Waals surface area contributed by atoms with Gasteiger partial charge in [0.2, 0.25) is 0 Å². The van der Waals surface area contributed by atoms with Crippen molar-refractivity contribution >= 4 is 15.9 Å². The van der Waals surface area contributed by atoms with Gasteiger partial charge in [0.15, 0.2) is 11.5 Å². The van der Waals surface area contributed by atoms with Crippen LogP contribution in [-0.2, 0) is 11.3 Å². The standard InChI is InChI=1S/C11H16BrNO3/c1-15-4-3-13-7-8-5-9(12)6-10(16-2)11(8)14/h5-6,13-14H,3-4,7H2,1-2H3. The minimum atomic E-state index is 0.176. The maximum Gasteiger partial charge on any atom is 0.162 e. The summed E-state index contributed by atoms with van der Waals surface area (Å²) in [4.78, 5) is 0. The number of ether oxygens (including phenoxy) is 2. The van der Waals surface area contributed by atoms with Gasteiger partial charge < -0.3 is 19.9 Å². The van der Waals surface area contributed by atoms with E-state index in [1.807, 2.05) is 6.07 Å². The molecular formula is C11H16BrNO3. The number of halogens is 1. The minimum Gasteiger partial charge on any atom is -0.504 e. The molecule has 4 nitrogen and oxygen atoms in total. The average Bonchev–Trinajstić information content (AvgIpc) is 2.28. The first-order valence-electron chi connectivity index (χ1n) is 4.94. The van der Waals surface area contributed by atoms with Crippen LogP contribution >= 0.6 is 15.9 Å². The van der Waals surface area contributed by atoms with Crippen molar-refractivity contribution in [3.63, 3.8) is 0 Å². The fourth-order valence-corrected chi connectivity index (χ4v) is 1.80. The number of methoxy groups -OCH3 is 2. The first-order chi connectivity index (χ1) is 7.69. The maximum atomic E-state index is 9.85. The van der Waals surface area contributed by atoms with Gasteiger partial charge in [0, 0.05) is 30.2 Å². The Bertz CT molecular complexity index is 344. The number of hydrogen-bond donors (Lipinski definition) is 2. The molecule has 1 aromatic rings. The molecule has 5 heteroatoms. The van der Waals surface area contributed by atoms with Crippen molar-refractivity contribution in [2.24, 2.45) is 0 Å². The van der Waals surface area contributed by atoms with Crippen LogP contribution in [0.4, 0.5) is 0 Å². The van der Waals surface area contributed by atoms with Crippen molar-refractivity contribution < 1.29 is 14.6 Å². The largest absolute Gasteiger partial charge is 0.504 e. The molecule has 0 bridgehead atoms. The van der Waals surface area contributed by atoms with E-state index in [2.05, 4.69) is 21.2 Å². The Morgan fingerprint density at radius 2 is 2.12 bits per heavy atom. The number of phenolic OH excluding ortho intramolecular Hbond substituents is 1. The van der Waals surface area contributed by atoms with Crippen molar-refractivity contribution in [2.75, 3.05) is 27.4 Å². The lowest BCUT2D eigenvalue weighted by atomic mass is 10.2. The molecule has 0 fully saturated rings. The number of aromatic hydroxyl groups is 1. The Balaban J connectivity index is 2.67. The average molecular weight is 290 g/mol. The fourth-order valence-electron chi connectivity index (χ4n) is 1.32. The predicted molar refractivity (Wildman–Crippen MR) is 65.9 cm³/mol. The third-order valence-corrected chi connectivity index (χ3v) is 2.59. The van der Waals surface area contributed by atoms with Gasteiger partial charge in [-0.15, -0.1) is 0 Å². The number of nitrogens with one attached hydrogen (secondary N) is 1.